The van der Waals surface area contributed by atoms with Gasteiger partial charge in [0.2, 0.25) is 5.91 Å². The molecule has 0 aromatic carbocycles. The third kappa shape index (κ3) is 38.2. The first-order valence-corrected chi connectivity index (χ1v) is 23.2. The minimum atomic E-state index is -0.819. The predicted octanol–water partition coefficient (Wildman–Crippen LogP) is 13.4. The number of nitrogens with one attached hydrogen (secondary N) is 1. The van der Waals surface area contributed by atoms with Crippen LogP contribution in [0.1, 0.15) is 207 Å². The molecule has 0 rings (SSSR count). The zero-order chi connectivity index (χ0) is 41.0. The highest BCUT2D eigenvalue weighted by Gasteiger charge is 2.23. The topological polar surface area (TPSA) is 95.9 Å². The van der Waals surface area contributed by atoms with Gasteiger partial charge in [0, 0.05) is 12.8 Å². The number of carbonyl (C=O) groups excluding carboxylic acids is 2. The molecule has 0 aliphatic heterocycles. The molecule has 3 unspecified atom stereocenters. The summed E-state index contributed by atoms with van der Waals surface area (Å²) >= 11 is 0. The van der Waals surface area contributed by atoms with Crippen LogP contribution in [0, 0.1) is 0 Å². The molecule has 0 saturated heterocycles. The fourth-order valence-electron chi connectivity index (χ4n) is 6.46. The lowest BCUT2D eigenvalue weighted by Crippen LogP contribution is -2.46. The maximum absolute atomic E-state index is 13.1. The molecule has 6 heteroatoms. The maximum Gasteiger partial charge on any atom is 0.306 e. The predicted molar refractivity (Wildman–Crippen MR) is 241 cm³/mol. The number of aliphatic hydroxyl groups is 2. The van der Waals surface area contributed by atoms with Crippen LogP contribution in [0.2, 0.25) is 0 Å². The fraction of sp³-hybridized carbons (Fsp3) is 0.720. The van der Waals surface area contributed by atoms with E-state index in [1.165, 1.54) is 103 Å². The van der Waals surface area contributed by atoms with Gasteiger partial charge in [-0.1, -0.05) is 196 Å². The summed E-state index contributed by atoms with van der Waals surface area (Å²) < 4.78 is 5.80. The molecule has 0 aromatic heterocycles. The van der Waals surface area contributed by atoms with E-state index in [1.807, 2.05) is 18.2 Å². The summed E-state index contributed by atoms with van der Waals surface area (Å²) in [7, 11) is 0. The number of hydrogen-bond acceptors (Lipinski definition) is 5. The SMILES string of the molecule is CCCCC/C=C\C/C=C\C/C=C\C/C=C\CC(CC(=O)NC(CO)C(O)CCCCCCCCCCC)OC(=O)CC/C=C/C/C=C\CCCCCCCC. The Morgan fingerprint density at radius 1 is 0.536 bits per heavy atom. The van der Waals surface area contributed by atoms with Gasteiger partial charge in [0.15, 0.2) is 0 Å². The lowest BCUT2D eigenvalue weighted by atomic mass is 10.0. The van der Waals surface area contributed by atoms with Crippen LogP contribution in [0.3, 0.4) is 0 Å². The highest BCUT2D eigenvalue weighted by Crippen LogP contribution is 2.14. The quantitative estimate of drug-likeness (QED) is 0.0327. The van der Waals surface area contributed by atoms with Gasteiger partial charge in [-0.25, -0.2) is 0 Å². The van der Waals surface area contributed by atoms with Gasteiger partial charge < -0.3 is 20.3 Å². The highest BCUT2D eigenvalue weighted by atomic mass is 16.5. The second kappa shape index (κ2) is 43.4. The largest absolute Gasteiger partial charge is 0.461 e. The molecule has 6 nitrogen and oxygen atoms in total. The molecule has 56 heavy (non-hydrogen) atoms. The molecule has 0 bridgehead atoms. The number of aliphatic hydroxyl groups excluding tert-OH is 2. The van der Waals surface area contributed by atoms with Crippen molar-refractivity contribution in [1.82, 2.24) is 5.32 Å². The summed E-state index contributed by atoms with van der Waals surface area (Å²) in [4.78, 5) is 25.9. The average Bonchev–Trinajstić information content (AvgIpc) is 3.19. The summed E-state index contributed by atoms with van der Waals surface area (Å²) in [6.45, 7) is 6.36. The van der Waals surface area contributed by atoms with Crippen molar-refractivity contribution in [2.45, 2.75) is 225 Å². The first-order valence-electron chi connectivity index (χ1n) is 23.2. The third-order valence-electron chi connectivity index (χ3n) is 10.0. The molecule has 1 amide bonds. The van der Waals surface area contributed by atoms with Gasteiger partial charge >= 0.3 is 5.97 Å². The van der Waals surface area contributed by atoms with Crippen molar-refractivity contribution in [1.29, 1.82) is 0 Å². The first-order chi connectivity index (χ1) is 27.5. The lowest BCUT2D eigenvalue weighted by molar-refractivity contribution is -0.150. The van der Waals surface area contributed by atoms with Gasteiger partial charge in [0.05, 0.1) is 25.2 Å². The number of ether oxygens (including phenoxy) is 1. The van der Waals surface area contributed by atoms with E-state index in [0.29, 0.717) is 19.3 Å². The summed E-state index contributed by atoms with van der Waals surface area (Å²) in [5.41, 5.74) is 0. The number of rotatable bonds is 40. The van der Waals surface area contributed by atoms with Crippen LogP contribution in [0.4, 0.5) is 0 Å². The molecule has 0 fully saturated rings. The number of amides is 1. The number of esters is 1. The summed E-state index contributed by atoms with van der Waals surface area (Å²) in [6.07, 6.45) is 54.1. The summed E-state index contributed by atoms with van der Waals surface area (Å²) in [5, 5.41) is 23.5. The van der Waals surface area contributed by atoms with Crippen LogP contribution < -0.4 is 5.32 Å². The van der Waals surface area contributed by atoms with Gasteiger partial charge in [-0.2, -0.15) is 0 Å². The molecule has 0 aromatic rings. The molecule has 0 saturated carbocycles. The first kappa shape index (κ1) is 53.3. The Labute approximate surface area is 345 Å². The second-order valence-electron chi connectivity index (χ2n) is 15.5. The Bertz CT molecular complexity index is 1060. The van der Waals surface area contributed by atoms with Crippen molar-refractivity contribution in [2.24, 2.45) is 0 Å². The number of carbonyl (C=O) groups is 2. The van der Waals surface area contributed by atoms with Crippen LogP contribution in [0.15, 0.2) is 72.9 Å². The monoisotopic (exact) mass is 782 g/mol. The van der Waals surface area contributed by atoms with Gasteiger partial charge in [0.25, 0.3) is 0 Å². The molecule has 0 aliphatic rings. The minimum absolute atomic E-state index is 0.0236. The lowest BCUT2D eigenvalue weighted by Gasteiger charge is -2.24. The number of allylic oxidation sites excluding steroid dienone is 11. The average molecular weight is 782 g/mol. The molecule has 3 atom stereocenters. The van der Waals surface area contributed by atoms with Crippen LogP contribution in [-0.4, -0.2) is 46.9 Å². The molecule has 3 N–H and O–H groups in total. The van der Waals surface area contributed by atoms with Crippen molar-refractivity contribution in [3.63, 3.8) is 0 Å². The third-order valence-corrected chi connectivity index (χ3v) is 10.0. The van der Waals surface area contributed by atoms with Crippen LogP contribution in [0.5, 0.6) is 0 Å². The van der Waals surface area contributed by atoms with Gasteiger partial charge in [-0.05, 0) is 64.2 Å². The summed E-state index contributed by atoms with van der Waals surface area (Å²) in [6, 6.07) is -0.741. The van der Waals surface area contributed by atoms with Crippen molar-refractivity contribution in [2.75, 3.05) is 6.61 Å². The Kier molecular flexibility index (Phi) is 41.3. The van der Waals surface area contributed by atoms with E-state index in [1.54, 1.807) is 0 Å². The van der Waals surface area contributed by atoms with Gasteiger partial charge in [0.1, 0.15) is 6.10 Å². The number of unbranched alkanes of at least 4 members (excludes halogenated alkanes) is 17. The molecule has 0 radical (unpaired) electrons. The molecule has 0 spiro atoms. The fourth-order valence-corrected chi connectivity index (χ4v) is 6.46. The molecule has 0 aliphatic carbocycles. The van der Waals surface area contributed by atoms with Crippen molar-refractivity contribution >= 4 is 11.9 Å². The van der Waals surface area contributed by atoms with Crippen molar-refractivity contribution in [3.05, 3.63) is 72.9 Å². The maximum atomic E-state index is 13.1. The van der Waals surface area contributed by atoms with Crippen molar-refractivity contribution < 1.29 is 24.5 Å². The minimum Gasteiger partial charge on any atom is -0.461 e. The molecular formula is C50H87NO5. The van der Waals surface area contributed by atoms with E-state index in [2.05, 4.69) is 80.8 Å². The molecule has 322 valence electrons. The summed E-state index contributed by atoms with van der Waals surface area (Å²) in [5.74, 6) is -0.664. The zero-order valence-corrected chi connectivity index (χ0v) is 36.5. The highest BCUT2D eigenvalue weighted by molar-refractivity contribution is 5.77. The number of hydrogen-bond donors (Lipinski definition) is 3. The Morgan fingerprint density at radius 3 is 1.46 bits per heavy atom. The zero-order valence-electron chi connectivity index (χ0n) is 36.5. The van der Waals surface area contributed by atoms with E-state index in [-0.39, 0.29) is 31.3 Å². The van der Waals surface area contributed by atoms with E-state index < -0.39 is 18.2 Å². The van der Waals surface area contributed by atoms with Gasteiger partial charge in [-0.3, -0.25) is 9.59 Å². The smallest absolute Gasteiger partial charge is 0.306 e. The molecule has 0 heterocycles. The van der Waals surface area contributed by atoms with Crippen LogP contribution in [0.25, 0.3) is 0 Å². The Hall–Kier alpha value is -2.70. The van der Waals surface area contributed by atoms with E-state index in [9.17, 15) is 19.8 Å². The normalized spacial score (nSPS) is 14.0. The molecular weight excluding hydrogens is 695 g/mol. The van der Waals surface area contributed by atoms with Crippen LogP contribution in [-0.2, 0) is 14.3 Å². The Balaban J connectivity index is 4.85. The second-order valence-corrected chi connectivity index (χ2v) is 15.5. The van der Waals surface area contributed by atoms with Crippen molar-refractivity contribution in [3.8, 4) is 0 Å². The van der Waals surface area contributed by atoms with E-state index in [0.717, 1.165) is 51.4 Å². The van der Waals surface area contributed by atoms with E-state index >= 15 is 0 Å². The van der Waals surface area contributed by atoms with Crippen LogP contribution >= 0.6 is 0 Å². The van der Waals surface area contributed by atoms with Gasteiger partial charge in [-0.15, -0.1) is 0 Å². The standard InChI is InChI=1S/C50H87NO5/c1-4-7-10-13-16-19-21-23-24-26-27-30-32-35-38-41-46(56-50(55)43-40-37-34-31-28-25-22-20-17-14-11-8-5-2)44-49(54)51-47(45-52)48(53)42-39-36-33-29-18-15-12-9-6-3/h16,19,23-25,27-28,30,34-35,37-38,46-48,52-53H,4-15,17-18,20-22,26,29,31-33,36,39-45H2,1-3H3,(H,51,54)/b19-16-,24-23-,28-25-,30-27-,37-34+,38-35-. The Morgan fingerprint density at radius 2 is 0.946 bits per heavy atom. The van der Waals surface area contributed by atoms with E-state index in [4.69, 9.17) is 4.74 Å².